The second kappa shape index (κ2) is 5.31. The van der Waals surface area contributed by atoms with Gasteiger partial charge in [-0.25, -0.2) is 0 Å². The first-order valence-corrected chi connectivity index (χ1v) is 4.47. The van der Waals surface area contributed by atoms with E-state index in [2.05, 4.69) is 6.58 Å². The number of allylic oxidation sites excluding steroid dienone is 1. The summed E-state index contributed by atoms with van der Waals surface area (Å²) in [6, 6.07) is 10.0. The van der Waals surface area contributed by atoms with Crippen molar-refractivity contribution >= 4 is 6.29 Å². The maximum atomic E-state index is 10.7. The summed E-state index contributed by atoms with van der Waals surface area (Å²) in [4.78, 5) is 10.7. The van der Waals surface area contributed by atoms with Gasteiger partial charge in [-0.1, -0.05) is 36.4 Å². The molecule has 0 bridgehead atoms. The first-order chi connectivity index (χ1) is 6.36. The monoisotopic (exact) mass is 174 g/mol. The number of carbonyl (C=O) groups excluding carboxylic acids is 1. The molecule has 1 aromatic rings. The highest BCUT2D eigenvalue weighted by Crippen LogP contribution is 2.10. The average molecular weight is 174 g/mol. The van der Waals surface area contributed by atoms with Crippen molar-refractivity contribution < 1.29 is 4.79 Å². The number of hydrogen-bond acceptors (Lipinski definition) is 1. The lowest BCUT2D eigenvalue weighted by molar-refractivity contribution is -0.111. The first kappa shape index (κ1) is 9.72. The molecule has 0 aliphatic heterocycles. The van der Waals surface area contributed by atoms with Gasteiger partial charge in [-0.15, -0.1) is 6.58 Å². The molecule has 0 amide bonds. The number of carbonyl (C=O) groups is 1. The standard InChI is InChI=1S/C12H14O/c1-2-6-12(10-13)9-11-7-4-3-5-8-11/h2-5,7-8,10,12H,1,6,9H2/t12-/m0/s1. The van der Waals surface area contributed by atoms with Crippen LogP contribution in [0.2, 0.25) is 0 Å². The fourth-order valence-electron chi connectivity index (χ4n) is 1.32. The van der Waals surface area contributed by atoms with Gasteiger partial charge in [-0.2, -0.15) is 0 Å². The van der Waals surface area contributed by atoms with Gasteiger partial charge in [0.15, 0.2) is 0 Å². The molecule has 68 valence electrons. The highest BCUT2D eigenvalue weighted by Gasteiger charge is 2.05. The molecule has 0 unspecified atom stereocenters. The van der Waals surface area contributed by atoms with Crippen LogP contribution in [-0.4, -0.2) is 6.29 Å². The summed E-state index contributed by atoms with van der Waals surface area (Å²) in [6.07, 6.45) is 4.38. The minimum absolute atomic E-state index is 0.0832. The average Bonchev–Trinajstić information content (AvgIpc) is 2.19. The van der Waals surface area contributed by atoms with E-state index in [1.54, 1.807) is 6.08 Å². The SMILES string of the molecule is C=CC[C@H](C=O)Cc1ccccc1. The van der Waals surface area contributed by atoms with Crippen molar-refractivity contribution in [2.45, 2.75) is 12.8 Å². The molecule has 0 spiro atoms. The Hall–Kier alpha value is -1.37. The summed E-state index contributed by atoms with van der Waals surface area (Å²) >= 11 is 0. The molecule has 1 rings (SSSR count). The number of rotatable bonds is 5. The molecule has 0 aliphatic rings. The third-order valence-corrected chi connectivity index (χ3v) is 2.00. The van der Waals surface area contributed by atoms with Crippen LogP contribution in [0.3, 0.4) is 0 Å². The second-order valence-corrected chi connectivity index (χ2v) is 3.11. The van der Waals surface area contributed by atoms with E-state index < -0.39 is 0 Å². The van der Waals surface area contributed by atoms with Crippen LogP contribution in [0.4, 0.5) is 0 Å². The van der Waals surface area contributed by atoms with Gasteiger partial charge in [-0.05, 0) is 18.4 Å². The first-order valence-electron chi connectivity index (χ1n) is 4.47. The molecule has 0 N–H and O–H groups in total. The predicted octanol–water partition coefficient (Wildman–Crippen LogP) is 2.62. The van der Waals surface area contributed by atoms with Crippen LogP contribution in [0.1, 0.15) is 12.0 Å². The van der Waals surface area contributed by atoms with E-state index in [1.165, 1.54) is 5.56 Å². The Bertz CT molecular complexity index is 264. The molecule has 1 nitrogen and oxygen atoms in total. The summed E-state index contributed by atoms with van der Waals surface area (Å²) < 4.78 is 0. The van der Waals surface area contributed by atoms with Crippen molar-refractivity contribution in [1.29, 1.82) is 0 Å². The summed E-state index contributed by atoms with van der Waals surface area (Å²) in [5, 5.41) is 0. The van der Waals surface area contributed by atoms with Gasteiger partial charge in [0.1, 0.15) is 6.29 Å². The lowest BCUT2D eigenvalue weighted by atomic mass is 9.98. The minimum Gasteiger partial charge on any atom is -0.303 e. The summed E-state index contributed by atoms with van der Waals surface area (Å²) in [6.45, 7) is 3.63. The number of aldehydes is 1. The fraction of sp³-hybridized carbons (Fsp3) is 0.250. The summed E-state index contributed by atoms with van der Waals surface area (Å²) in [5.41, 5.74) is 1.21. The van der Waals surface area contributed by atoms with Crippen molar-refractivity contribution in [3.05, 3.63) is 48.6 Å². The van der Waals surface area contributed by atoms with E-state index in [9.17, 15) is 4.79 Å². The molecular formula is C12H14O. The molecule has 0 aromatic heterocycles. The normalized spacial score (nSPS) is 12.0. The van der Waals surface area contributed by atoms with Crippen LogP contribution in [-0.2, 0) is 11.2 Å². The third-order valence-electron chi connectivity index (χ3n) is 2.00. The maximum absolute atomic E-state index is 10.7. The molecule has 13 heavy (non-hydrogen) atoms. The predicted molar refractivity (Wildman–Crippen MR) is 54.5 cm³/mol. The Morgan fingerprint density at radius 1 is 1.31 bits per heavy atom. The lowest BCUT2D eigenvalue weighted by Gasteiger charge is -2.06. The van der Waals surface area contributed by atoms with E-state index in [4.69, 9.17) is 0 Å². The Balaban J connectivity index is 2.56. The Morgan fingerprint density at radius 3 is 2.54 bits per heavy atom. The lowest BCUT2D eigenvalue weighted by Crippen LogP contribution is -2.04. The van der Waals surface area contributed by atoms with Crippen LogP contribution < -0.4 is 0 Å². The Morgan fingerprint density at radius 2 is 2.00 bits per heavy atom. The molecule has 0 aliphatic carbocycles. The minimum atomic E-state index is 0.0832. The fourth-order valence-corrected chi connectivity index (χ4v) is 1.32. The molecule has 0 saturated carbocycles. The van der Waals surface area contributed by atoms with Crippen LogP contribution in [0.25, 0.3) is 0 Å². The molecular weight excluding hydrogens is 160 g/mol. The molecule has 0 saturated heterocycles. The van der Waals surface area contributed by atoms with Crippen molar-refractivity contribution in [1.82, 2.24) is 0 Å². The molecule has 0 radical (unpaired) electrons. The molecule has 1 heteroatoms. The highest BCUT2D eigenvalue weighted by atomic mass is 16.1. The largest absolute Gasteiger partial charge is 0.303 e. The zero-order valence-corrected chi connectivity index (χ0v) is 7.65. The zero-order valence-electron chi connectivity index (χ0n) is 7.65. The van der Waals surface area contributed by atoms with Gasteiger partial charge in [0.05, 0.1) is 0 Å². The van der Waals surface area contributed by atoms with E-state index >= 15 is 0 Å². The van der Waals surface area contributed by atoms with Gasteiger partial charge in [0.25, 0.3) is 0 Å². The van der Waals surface area contributed by atoms with E-state index in [0.717, 1.165) is 19.1 Å². The third kappa shape index (κ3) is 3.24. The van der Waals surface area contributed by atoms with Crippen LogP contribution in [0.15, 0.2) is 43.0 Å². The summed E-state index contributed by atoms with van der Waals surface area (Å²) in [7, 11) is 0. The zero-order chi connectivity index (χ0) is 9.52. The van der Waals surface area contributed by atoms with E-state index in [0.29, 0.717) is 0 Å². The molecule has 0 fully saturated rings. The highest BCUT2D eigenvalue weighted by molar-refractivity contribution is 5.54. The summed E-state index contributed by atoms with van der Waals surface area (Å²) in [5.74, 6) is 0.0832. The second-order valence-electron chi connectivity index (χ2n) is 3.11. The van der Waals surface area contributed by atoms with Gasteiger partial charge in [0, 0.05) is 5.92 Å². The Kier molecular flexibility index (Phi) is 3.97. The van der Waals surface area contributed by atoms with E-state index in [1.807, 2.05) is 30.3 Å². The van der Waals surface area contributed by atoms with E-state index in [-0.39, 0.29) is 5.92 Å². The van der Waals surface area contributed by atoms with Gasteiger partial charge in [-0.3, -0.25) is 0 Å². The van der Waals surface area contributed by atoms with Gasteiger partial charge < -0.3 is 4.79 Å². The van der Waals surface area contributed by atoms with Gasteiger partial charge in [0.2, 0.25) is 0 Å². The van der Waals surface area contributed by atoms with Crippen molar-refractivity contribution in [3.63, 3.8) is 0 Å². The topological polar surface area (TPSA) is 17.1 Å². The van der Waals surface area contributed by atoms with Gasteiger partial charge >= 0.3 is 0 Å². The van der Waals surface area contributed by atoms with Crippen molar-refractivity contribution in [2.75, 3.05) is 0 Å². The number of benzene rings is 1. The molecule has 1 atom stereocenters. The van der Waals surface area contributed by atoms with Crippen LogP contribution >= 0.6 is 0 Å². The van der Waals surface area contributed by atoms with Crippen LogP contribution in [0, 0.1) is 5.92 Å². The Labute approximate surface area is 79.1 Å². The van der Waals surface area contributed by atoms with Crippen molar-refractivity contribution in [3.8, 4) is 0 Å². The maximum Gasteiger partial charge on any atom is 0.123 e. The molecule has 1 aromatic carbocycles. The quantitative estimate of drug-likeness (QED) is 0.495. The number of hydrogen-bond donors (Lipinski definition) is 0. The van der Waals surface area contributed by atoms with Crippen molar-refractivity contribution in [2.24, 2.45) is 5.92 Å². The van der Waals surface area contributed by atoms with Crippen LogP contribution in [0.5, 0.6) is 0 Å². The smallest absolute Gasteiger partial charge is 0.123 e. The molecule has 0 heterocycles.